The Balaban J connectivity index is 1.50. The number of aromatic nitrogens is 1. The summed E-state index contributed by atoms with van der Waals surface area (Å²) >= 11 is 0. The first kappa shape index (κ1) is 27.4. The molecule has 0 saturated carbocycles. The van der Waals surface area contributed by atoms with Gasteiger partial charge in [-0.1, -0.05) is 18.6 Å². The molecule has 3 aliphatic rings. The number of carboxylic acid groups (broad SMARTS) is 1. The Morgan fingerprint density at radius 2 is 1.82 bits per heavy atom. The fraction of sp³-hybridized carbons (Fsp3) is 0.500. The van der Waals surface area contributed by atoms with Crippen molar-refractivity contribution in [3.05, 3.63) is 54.4 Å². The molecule has 2 aromatic rings. The van der Waals surface area contributed by atoms with Crippen molar-refractivity contribution in [1.29, 1.82) is 0 Å². The number of hydrogen-bond acceptors (Lipinski definition) is 7. The number of aliphatic carboxylic acids is 1. The van der Waals surface area contributed by atoms with Gasteiger partial charge in [-0.3, -0.25) is 14.6 Å². The maximum atomic E-state index is 13.4. The molecule has 0 atom stereocenters. The molecule has 5 rings (SSSR count). The van der Waals surface area contributed by atoms with Crippen molar-refractivity contribution in [2.75, 3.05) is 52.6 Å². The minimum absolute atomic E-state index is 0.0627. The molecule has 204 valence electrons. The van der Waals surface area contributed by atoms with Crippen LogP contribution in [0.1, 0.15) is 42.5 Å². The van der Waals surface area contributed by atoms with Gasteiger partial charge < -0.3 is 29.1 Å². The second kappa shape index (κ2) is 13.2. The van der Waals surface area contributed by atoms with Crippen LogP contribution < -0.4 is 9.47 Å². The van der Waals surface area contributed by atoms with E-state index in [1.165, 1.54) is 0 Å². The molecule has 1 saturated heterocycles. The van der Waals surface area contributed by atoms with E-state index in [1.807, 2.05) is 29.2 Å². The average molecular weight is 526 g/mol. The number of hydrogen-bond donors (Lipinski definition) is 1. The summed E-state index contributed by atoms with van der Waals surface area (Å²) in [5.74, 6) is -0.263. The molecule has 2 bridgehead atoms. The Morgan fingerprint density at radius 3 is 2.58 bits per heavy atom. The molecule has 1 fully saturated rings. The van der Waals surface area contributed by atoms with Gasteiger partial charge in [-0.25, -0.2) is 4.79 Å². The third-order valence-corrected chi connectivity index (χ3v) is 7.22. The van der Waals surface area contributed by atoms with Crippen LogP contribution in [-0.4, -0.2) is 90.3 Å². The smallest absolute Gasteiger partial charge is 0.329 e. The summed E-state index contributed by atoms with van der Waals surface area (Å²) in [7, 11) is 0. The number of carbonyl (C=O) groups excluding carboxylic acids is 2. The molecule has 1 aromatic carbocycles. The topological polar surface area (TPSA) is 119 Å². The first-order valence-electron chi connectivity index (χ1n) is 13.1. The maximum absolute atomic E-state index is 13.4. The lowest BCUT2D eigenvalue weighted by atomic mass is 9.75. The van der Waals surface area contributed by atoms with Crippen LogP contribution in [0, 0.1) is 5.41 Å². The van der Waals surface area contributed by atoms with Gasteiger partial charge in [0.1, 0.15) is 31.3 Å². The minimum atomic E-state index is -1.12. The van der Waals surface area contributed by atoms with Crippen molar-refractivity contribution in [2.45, 2.75) is 32.1 Å². The molecule has 10 nitrogen and oxygen atoms in total. The molecular weight excluding hydrogens is 490 g/mol. The molecule has 1 aromatic heterocycles. The maximum Gasteiger partial charge on any atom is 0.329 e. The quantitative estimate of drug-likeness (QED) is 0.586. The molecule has 0 aliphatic carbocycles. The Kier molecular flexibility index (Phi) is 9.53. The van der Waals surface area contributed by atoms with Gasteiger partial charge in [0.25, 0.3) is 5.91 Å². The molecule has 2 amide bonds. The van der Waals surface area contributed by atoms with E-state index in [0.29, 0.717) is 44.1 Å². The summed E-state index contributed by atoms with van der Waals surface area (Å²) in [5, 5.41) is 8.81. The lowest BCUT2D eigenvalue weighted by molar-refractivity contribution is -0.146. The van der Waals surface area contributed by atoms with Gasteiger partial charge in [0.2, 0.25) is 5.91 Å². The number of para-hydroxylation sites is 1. The van der Waals surface area contributed by atoms with Gasteiger partial charge >= 0.3 is 5.97 Å². The number of amides is 2. The summed E-state index contributed by atoms with van der Waals surface area (Å²) in [6.07, 6.45) is 7.60. The van der Waals surface area contributed by atoms with Gasteiger partial charge in [-0.15, -0.1) is 0 Å². The zero-order valence-corrected chi connectivity index (χ0v) is 21.5. The van der Waals surface area contributed by atoms with E-state index >= 15 is 0 Å². The van der Waals surface area contributed by atoms with Crippen molar-refractivity contribution in [1.82, 2.24) is 14.8 Å². The van der Waals surface area contributed by atoms with Crippen molar-refractivity contribution in [2.24, 2.45) is 5.41 Å². The van der Waals surface area contributed by atoms with E-state index in [9.17, 15) is 14.4 Å². The third-order valence-electron chi connectivity index (χ3n) is 7.22. The van der Waals surface area contributed by atoms with Crippen LogP contribution in [-0.2, 0) is 14.3 Å². The van der Waals surface area contributed by atoms with E-state index in [-0.39, 0.29) is 30.4 Å². The lowest BCUT2D eigenvalue weighted by Gasteiger charge is -2.42. The van der Waals surface area contributed by atoms with Crippen LogP contribution in [0.4, 0.5) is 0 Å². The Bertz CT molecular complexity index is 1090. The zero-order valence-electron chi connectivity index (χ0n) is 21.5. The monoisotopic (exact) mass is 525 g/mol. The van der Waals surface area contributed by atoms with Crippen LogP contribution in [0.15, 0.2) is 48.8 Å². The predicted molar refractivity (Wildman–Crippen MR) is 138 cm³/mol. The number of carbonyl (C=O) groups is 3. The number of rotatable bonds is 7. The van der Waals surface area contributed by atoms with Gasteiger partial charge in [-0.05, 0) is 49.9 Å². The van der Waals surface area contributed by atoms with Gasteiger partial charge in [0, 0.05) is 31.2 Å². The normalized spacial score (nSPS) is 18.1. The number of nitrogens with zero attached hydrogens (tertiary/aromatic N) is 3. The van der Waals surface area contributed by atoms with Crippen LogP contribution in [0.5, 0.6) is 11.5 Å². The molecule has 38 heavy (non-hydrogen) atoms. The molecule has 0 spiro atoms. The largest absolute Gasteiger partial charge is 0.491 e. The number of benzene rings is 1. The third kappa shape index (κ3) is 7.44. The number of ether oxygens (including phenoxy) is 3. The van der Waals surface area contributed by atoms with Crippen molar-refractivity contribution < 1.29 is 33.7 Å². The van der Waals surface area contributed by atoms with Gasteiger partial charge in [-0.2, -0.15) is 0 Å². The fourth-order valence-electron chi connectivity index (χ4n) is 5.01. The Hall–Kier alpha value is -3.66. The molecule has 3 aliphatic heterocycles. The van der Waals surface area contributed by atoms with E-state index in [2.05, 4.69) is 4.98 Å². The highest BCUT2D eigenvalue weighted by molar-refractivity contribution is 5.97. The van der Waals surface area contributed by atoms with E-state index < -0.39 is 12.6 Å². The SMILES string of the molecule is O=C(O)COCC(=O)N1CCCCC2(COc3cccnc3)CCN(CC2)C(=O)c2ccccc2OCC1. The molecule has 4 heterocycles. The summed E-state index contributed by atoms with van der Waals surface area (Å²) in [6.45, 7) is 1.98. The van der Waals surface area contributed by atoms with Crippen molar-refractivity contribution >= 4 is 17.8 Å². The van der Waals surface area contributed by atoms with Crippen LogP contribution in [0.2, 0.25) is 0 Å². The minimum Gasteiger partial charge on any atom is -0.491 e. The Morgan fingerprint density at radius 1 is 1.00 bits per heavy atom. The predicted octanol–water partition coefficient (Wildman–Crippen LogP) is 2.88. The van der Waals surface area contributed by atoms with Gasteiger partial charge in [0.05, 0.1) is 24.9 Å². The molecule has 10 heteroatoms. The highest BCUT2D eigenvalue weighted by Gasteiger charge is 2.37. The number of fused-ring (bicyclic) bond motifs is 9. The van der Waals surface area contributed by atoms with E-state index in [0.717, 1.165) is 37.9 Å². The summed E-state index contributed by atoms with van der Waals surface area (Å²) in [5.41, 5.74) is 0.409. The molecule has 0 unspecified atom stereocenters. The lowest BCUT2D eigenvalue weighted by Crippen LogP contribution is -2.45. The molecule has 1 N–H and O–H groups in total. The first-order valence-corrected chi connectivity index (χ1v) is 13.1. The number of pyridine rings is 1. The number of piperidine rings is 1. The van der Waals surface area contributed by atoms with Crippen LogP contribution in [0.25, 0.3) is 0 Å². The van der Waals surface area contributed by atoms with Crippen LogP contribution in [0.3, 0.4) is 0 Å². The molecule has 0 radical (unpaired) electrons. The van der Waals surface area contributed by atoms with E-state index in [1.54, 1.807) is 29.4 Å². The summed E-state index contributed by atoms with van der Waals surface area (Å²) in [6, 6.07) is 10.9. The first-order chi connectivity index (χ1) is 18.5. The highest BCUT2D eigenvalue weighted by atomic mass is 16.5. The molecular formula is C28H35N3O7. The van der Waals surface area contributed by atoms with Crippen LogP contribution >= 0.6 is 0 Å². The summed E-state index contributed by atoms with van der Waals surface area (Å²) < 4.78 is 17.1. The van der Waals surface area contributed by atoms with Crippen molar-refractivity contribution in [3.63, 3.8) is 0 Å². The summed E-state index contributed by atoms with van der Waals surface area (Å²) in [4.78, 5) is 44.7. The van der Waals surface area contributed by atoms with Crippen molar-refractivity contribution in [3.8, 4) is 11.5 Å². The Labute approximate surface area is 222 Å². The standard InChI is InChI=1S/C28H35N3O7/c32-25(19-36-20-26(33)34)30-13-4-3-9-28(21-38-22-6-5-12-29-18-22)10-14-31(15-11-28)27(35)23-7-1-2-8-24(23)37-17-16-30/h1-2,5-8,12,18H,3-4,9-11,13-17,19-21H2,(H,33,34). The fourth-order valence-corrected chi connectivity index (χ4v) is 5.01. The second-order valence-corrected chi connectivity index (χ2v) is 9.84. The highest BCUT2D eigenvalue weighted by Crippen LogP contribution is 2.38. The second-order valence-electron chi connectivity index (χ2n) is 9.84. The van der Waals surface area contributed by atoms with E-state index in [4.69, 9.17) is 19.3 Å². The van der Waals surface area contributed by atoms with Gasteiger partial charge in [0.15, 0.2) is 0 Å². The zero-order chi connectivity index (χ0) is 26.8. The average Bonchev–Trinajstić information content (AvgIpc) is 2.94. The number of carboxylic acids is 1.